The quantitative estimate of drug-likeness (QED) is 0.599. The first-order valence-electron chi connectivity index (χ1n) is 9.24. The molecule has 3 N–H and O–H groups in total. The van der Waals surface area contributed by atoms with Gasteiger partial charge in [0.1, 0.15) is 5.75 Å². The summed E-state index contributed by atoms with van der Waals surface area (Å²) in [6.45, 7) is 4.91. The van der Waals surface area contributed by atoms with Gasteiger partial charge >= 0.3 is 0 Å². The Hall–Kier alpha value is -2.57. The molecule has 0 saturated carbocycles. The van der Waals surface area contributed by atoms with Crippen LogP contribution in [0, 0.1) is 0 Å². The monoisotopic (exact) mass is 404 g/mol. The Balaban J connectivity index is 1.85. The summed E-state index contributed by atoms with van der Waals surface area (Å²) < 4.78 is 5.10. The van der Waals surface area contributed by atoms with Gasteiger partial charge in [-0.25, -0.2) is 0 Å². The van der Waals surface area contributed by atoms with Gasteiger partial charge in [0.2, 0.25) is 0 Å². The third-order valence-electron chi connectivity index (χ3n) is 4.44. The number of carbonyl (C=O) groups is 2. The molecule has 0 fully saturated rings. The first-order valence-corrected chi connectivity index (χ1v) is 9.62. The number of likely N-dealkylation sites (N-methyl/N-ethyl adjacent to an activating group) is 1. The number of quaternary nitrogens is 1. The van der Waals surface area contributed by atoms with E-state index in [4.69, 9.17) is 16.3 Å². The van der Waals surface area contributed by atoms with E-state index < -0.39 is 0 Å². The lowest BCUT2D eigenvalue weighted by molar-refractivity contribution is -0.881. The molecular weight excluding hydrogens is 378 g/mol. The maximum atomic E-state index is 12.4. The van der Waals surface area contributed by atoms with Gasteiger partial charge in [-0.1, -0.05) is 29.8 Å². The first kappa shape index (κ1) is 21.7. The molecule has 0 spiro atoms. The molecule has 28 heavy (non-hydrogen) atoms. The lowest BCUT2D eigenvalue weighted by Crippen LogP contribution is -3.14. The predicted molar refractivity (Wildman–Crippen MR) is 111 cm³/mol. The number of rotatable bonds is 9. The minimum absolute atomic E-state index is 0.124. The van der Waals surface area contributed by atoms with Gasteiger partial charge < -0.3 is 20.3 Å². The van der Waals surface area contributed by atoms with Crippen molar-refractivity contribution in [1.82, 2.24) is 5.32 Å². The molecule has 6 nitrogen and oxygen atoms in total. The minimum Gasteiger partial charge on any atom is -0.497 e. The first-order chi connectivity index (χ1) is 13.4. The van der Waals surface area contributed by atoms with Crippen LogP contribution in [0.25, 0.3) is 0 Å². The third kappa shape index (κ3) is 6.55. The van der Waals surface area contributed by atoms with E-state index in [1.165, 1.54) is 0 Å². The molecule has 0 heterocycles. The highest BCUT2D eigenvalue weighted by atomic mass is 35.5. The Labute approximate surface area is 170 Å². The Bertz CT molecular complexity index is 796. The van der Waals surface area contributed by atoms with E-state index in [-0.39, 0.29) is 30.9 Å². The lowest BCUT2D eigenvalue weighted by atomic mass is 10.1. The summed E-state index contributed by atoms with van der Waals surface area (Å²) >= 11 is 6.18. The number of amides is 2. The zero-order chi connectivity index (χ0) is 20.5. The molecule has 150 valence electrons. The Morgan fingerprint density at radius 2 is 1.71 bits per heavy atom. The number of hydrogen-bond acceptors (Lipinski definition) is 3. The molecule has 0 saturated heterocycles. The van der Waals surface area contributed by atoms with E-state index in [1.54, 1.807) is 37.4 Å². The van der Waals surface area contributed by atoms with Crippen LogP contribution in [0.1, 0.15) is 25.5 Å². The highest BCUT2D eigenvalue weighted by Crippen LogP contribution is 2.21. The van der Waals surface area contributed by atoms with E-state index in [1.807, 2.05) is 32.0 Å². The maximum Gasteiger partial charge on any atom is 0.279 e. The van der Waals surface area contributed by atoms with Crippen LogP contribution < -0.4 is 20.3 Å². The highest BCUT2D eigenvalue weighted by Gasteiger charge is 2.19. The summed E-state index contributed by atoms with van der Waals surface area (Å²) in [4.78, 5) is 25.6. The van der Waals surface area contributed by atoms with Crippen molar-refractivity contribution in [3.8, 4) is 5.75 Å². The van der Waals surface area contributed by atoms with Crippen LogP contribution in [0.15, 0.2) is 48.5 Å². The van der Waals surface area contributed by atoms with Gasteiger partial charge in [-0.3, -0.25) is 9.59 Å². The molecule has 1 unspecified atom stereocenters. The molecule has 0 aliphatic carbocycles. The second-order valence-corrected chi connectivity index (χ2v) is 6.95. The van der Waals surface area contributed by atoms with Gasteiger partial charge in [0.05, 0.1) is 19.7 Å². The number of nitrogens with one attached hydrogen (secondary N) is 3. The van der Waals surface area contributed by atoms with Gasteiger partial charge in [0.25, 0.3) is 11.8 Å². The fraction of sp³-hybridized carbons (Fsp3) is 0.333. The van der Waals surface area contributed by atoms with Crippen LogP contribution in [0.3, 0.4) is 0 Å². The molecule has 0 aromatic heterocycles. The maximum absolute atomic E-state index is 12.4. The number of ether oxygens (including phenoxy) is 1. The van der Waals surface area contributed by atoms with E-state index in [0.717, 1.165) is 16.2 Å². The largest absolute Gasteiger partial charge is 0.497 e. The molecule has 2 aromatic rings. The van der Waals surface area contributed by atoms with Crippen molar-refractivity contribution >= 4 is 29.1 Å². The smallest absolute Gasteiger partial charge is 0.279 e. The van der Waals surface area contributed by atoms with E-state index in [0.29, 0.717) is 17.3 Å². The second kappa shape index (κ2) is 10.7. The molecular formula is C21H27ClN3O3+. The van der Waals surface area contributed by atoms with Crippen LogP contribution >= 0.6 is 11.6 Å². The van der Waals surface area contributed by atoms with Crippen molar-refractivity contribution < 1.29 is 19.2 Å². The SMILES string of the molecule is CC[NH+](CC(=O)Nc1ccc(OC)cc1)CC(=O)N[C@@H](C)c1ccccc1Cl. The van der Waals surface area contributed by atoms with Crippen LogP contribution in [-0.4, -0.2) is 38.6 Å². The number of halogens is 1. The second-order valence-electron chi connectivity index (χ2n) is 6.54. The topological polar surface area (TPSA) is 71.9 Å². The fourth-order valence-electron chi connectivity index (χ4n) is 2.84. The van der Waals surface area contributed by atoms with E-state index in [2.05, 4.69) is 10.6 Å². The Morgan fingerprint density at radius 1 is 1.07 bits per heavy atom. The number of anilines is 1. The van der Waals surface area contributed by atoms with Crippen LogP contribution in [0.4, 0.5) is 5.69 Å². The summed E-state index contributed by atoms with van der Waals surface area (Å²) in [6.07, 6.45) is 0. The van der Waals surface area contributed by atoms with Crippen LogP contribution in [0.2, 0.25) is 5.02 Å². The normalized spacial score (nSPS) is 12.7. The predicted octanol–water partition coefficient (Wildman–Crippen LogP) is 2.07. The Morgan fingerprint density at radius 3 is 2.32 bits per heavy atom. The van der Waals surface area contributed by atoms with Gasteiger partial charge in [0, 0.05) is 10.7 Å². The van der Waals surface area contributed by atoms with Crippen molar-refractivity contribution in [2.24, 2.45) is 0 Å². The summed E-state index contributed by atoms with van der Waals surface area (Å²) in [5.41, 5.74) is 1.56. The average molecular weight is 405 g/mol. The zero-order valence-electron chi connectivity index (χ0n) is 16.4. The number of methoxy groups -OCH3 is 1. The van der Waals surface area contributed by atoms with E-state index >= 15 is 0 Å². The van der Waals surface area contributed by atoms with Gasteiger partial charge in [-0.2, -0.15) is 0 Å². The average Bonchev–Trinajstić information content (AvgIpc) is 2.68. The van der Waals surface area contributed by atoms with Crippen LogP contribution in [0.5, 0.6) is 5.75 Å². The van der Waals surface area contributed by atoms with Crippen molar-refractivity contribution in [1.29, 1.82) is 0 Å². The third-order valence-corrected chi connectivity index (χ3v) is 4.79. The standard InChI is InChI=1S/C21H26ClN3O3/c1-4-25(14-21(27)24-16-9-11-17(28-3)12-10-16)13-20(26)23-15(2)18-7-5-6-8-19(18)22/h5-12,15H,4,13-14H2,1-3H3,(H,23,26)(H,24,27)/p+1/t15-/m0/s1. The molecule has 2 rings (SSSR count). The van der Waals surface area contributed by atoms with Crippen molar-refractivity contribution in [3.63, 3.8) is 0 Å². The van der Waals surface area contributed by atoms with Crippen molar-refractivity contribution in [2.45, 2.75) is 19.9 Å². The Kier molecular flexibility index (Phi) is 8.29. The van der Waals surface area contributed by atoms with Gasteiger partial charge in [-0.05, 0) is 49.7 Å². The zero-order valence-corrected chi connectivity index (χ0v) is 17.2. The van der Waals surface area contributed by atoms with Gasteiger partial charge in [-0.15, -0.1) is 0 Å². The minimum atomic E-state index is -0.201. The molecule has 0 bridgehead atoms. The van der Waals surface area contributed by atoms with Crippen LogP contribution in [-0.2, 0) is 9.59 Å². The molecule has 7 heteroatoms. The van der Waals surface area contributed by atoms with E-state index in [9.17, 15) is 9.59 Å². The van der Waals surface area contributed by atoms with Crippen molar-refractivity contribution in [2.75, 3.05) is 32.1 Å². The molecule has 2 amide bonds. The van der Waals surface area contributed by atoms with Gasteiger partial charge in [0.15, 0.2) is 13.1 Å². The number of carbonyl (C=O) groups excluding carboxylic acids is 2. The molecule has 2 atom stereocenters. The molecule has 0 aliphatic rings. The molecule has 2 aromatic carbocycles. The highest BCUT2D eigenvalue weighted by molar-refractivity contribution is 6.31. The molecule has 0 aliphatic heterocycles. The summed E-state index contributed by atoms with van der Waals surface area (Å²) in [5.74, 6) is 0.457. The summed E-state index contributed by atoms with van der Waals surface area (Å²) in [6, 6.07) is 14.3. The van der Waals surface area contributed by atoms with Crippen molar-refractivity contribution in [3.05, 3.63) is 59.1 Å². The molecule has 0 radical (unpaired) electrons. The number of hydrogen-bond donors (Lipinski definition) is 3. The fourth-order valence-corrected chi connectivity index (χ4v) is 3.14. The summed E-state index contributed by atoms with van der Waals surface area (Å²) in [5, 5.41) is 6.41. The lowest BCUT2D eigenvalue weighted by Gasteiger charge is -2.20. The summed E-state index contributed by atoms with van der Waals surface area (Å²) in [7, 11) is 1.59. The number of benzene rings is 2.